The van der Waals surface area contributed by atoms with E-state index in [1.54, 1.807) is 0 Å². The van der Waals surface area contributed by atoms with E-state index < -0.39 is 0 Å². The molecule has 27 heavy (non-hydrogen) atoms. The van der Waals surface area contributed by atoms with Crippen LogP contribution in [0.5, 0.6) is 0 Å². The molecule has 0 amide bonds. The SMILES string of the molecule is CCCn1c(COCC)nc2c(N)nc3ccc(N4CCOCC4)cc3c21. The molecule has 1 aliphatic heterocycles. The van der Waals surface area contributed by atoms with Gasteiger partial charge in [-0.05, 0) is 31.5 Å². The lowest BCUT2D eigenvalue weighted by Crippen LogP contribution is -2.36. The molecule has 3 aromatic rings. The number of hydrogen-bond donors (Lipinski definition) is 1. The van der Waals surface area contributed by atoms with Crippen LogP contribution in [-0.4, -0.2) is 47.4 Å². The van der Waals surface area contributed by atoms with E-state index in [-0.39, 0.29) is 0 Å². The molecular weight excluding hydrogens is 342 g/mol. The van der Waals surface area contributed by atoms with Crippen molar-refractivity contribution in [3.05, 3.63) is 24.0 Å². The van der Waals surface area contributed by atoms with Gasteiger partial charge in [-0.3, -0.25) is 0 Å². The Labute approximate surface area is 159 Å². The number of imidazole rings is 1. The quantitative estimate of drug-likeness (QED) is 0.720. The van der Waals surface area contributed by atoms with Crippen molar-refractivity contribution in [2.75, 3.05) is 43.5 Å². The maximum Gasteiger partial charge on any atom is 0.152 e. The molecule has 1 fully saturated rings. The van der Waals surface area contributed by atoms with E-state index in [1.165, 1.54) is 5.69 Å². The Balaban J connectivity index is 1.91. The lowest BCUT2D eigenvalue weighted by atomic mass is 10.1. The first kappa shape index (κ1) is 18.0. The van der Waals surface area contributed by atoms with Crippen molar-refractivity contribution in [1.29, 1.82) is 0 Å². The average Bonchev–Trinajstić information content (AvgIpc) is 3.06. The highest BCUT2D eigenvalue weighted by atomic mass is 16.5. The summed E-state index contributed by atoms with van der Waals surface area (Å²) in [4.78, 5) is 11.7. The average molecular weight is 369 g/mol. The summed E-state index contributed by atoms with van der Waals surface area (Å²) in [5.74, 6) is 1.38. The number of nitrogens with zero attached hydrogens (tertiary/aromatic N) is 4. The molecule has 2 aromatic heterocycles. The van der Waals surface area contributed by atoms with Crippen LogP contribution in [-0.2, 0) is 22.6 Å². The van der Waals surface area contributed by atoms with E-state index in [0.717, 1.165) is 67.0 Å². The number of anilines is 2. The van der Waals surface area contributed by atoms with Crippen molar-refractivity contribution >= 4 is 33.4 Å². The van der Waals surface area contributed by atoms with Gasteiger partial charge in [0.15, 0.2) is 5.82 Å². The maximum atomic E-state index is 6.26. The summed E-state index contributed by atoms with van der Waals surface area (Å²) in [6, 6.07) is 6.39. The first-order valence-corrected chi connectivity index (χ1v) is 9.71. The second-order valence-corrected chi connectivity index (χ2v) is 6.81. The molecular formula is C20H27N5O2. The second-order valence-electron chi connectivity index (χ2n) is 6.81. The van der Waals surface area contributed by atoms with E-state index in [0.29, 0.717) is 19.0 Å². The van der Waals surface area contributed by atoms with Gasteiger partial charge in [0.25, 0.3) is 0 Å². The Hall–Kier alpha value is -2.38. The number of nitrogen functional groups attached to an aromatic ring is 1. The fourth-order valence-electron chi connectivity index (χ4n) is 3.73. The van der Waals surface area contributed by atoms with Crippen LogP contribution in [0, 0.1) is 0 Å². The zero-order valence-electron chi connectivity index (χ0n) is 16.1. The molecule has 0 unspecified atom stereocenters. The van der Waals surface area contributed by atoms with Crippen LogP contribution in [0.2, 0.25) is 0 Å². The standard InChI is InChI=1S/C20H27N5O2/c1-3-7-25-17(13-26-4-2)23-18-19(25)15-12-14(24-8-10-27-11-9-24)5-6-16(15)22-20(18)21/h5-6,12H,3-4,7-11,13H2,1-2H3,(H2,21,22). The highest BCUT2D eigenvalue weighted by Crippen LogP contribution is 2.32. The van der Waals surface area contributed by atoms with Crippen molar-refractivity contribution in [2.24, 2.45) is 0 Å². The molecule has 1 aromatic carbocycles. The number of aromatic nitrogens is 3. The van der Waals surface area contributed by atoms with Gasteiger partial charge in [0.2, 0.25) is 0 Å². The fourth-order valence-corrected chi connectivity index (χ4v) is 3.73. The molecule has 0 aliphatic carbocycles. The van der Waals surface area contributed by atoms with Crippen LogP contribution in [0.25, 0.3) is 21.9 Å². The number of aryl methyl sites for hydroxylation is 1. The van der Waals surface area contributed by atoms with Gasteiger partial charge in [0.1, 0.15) is 17.9 Å². The van der Waals surface area contributed by atoms with E-state index >= 15 is 0 Å². The van der Waals surface area contributed by atoms with E-state index in [1.807, 2.05) is 6.92 Å². The predicted molar refractivity (Wildman–Crippen MR) is 108 cm³/mol. The zero-order chi connectivity index (χ0) is 18.8. The van der Waals surface area contributed by atoms with Crippen molar-refractivity contribution in [1.82, 2.24) is 14.5 Å². The van der Waals surface area contributed by atoms with Gasteiger partial charge in [0, 0.05) is 37.3 Å². The topological polar surface area (TPSA) is 78.4 Å². The highest BCUT2D eigenvalue weighted by molar-refractivity contribution is 6.07. The van der Waals surface area contributed by atoms with Gasteiger partial charge in [-0.1, -0.05) is 6.92 Å². The smallest absolute Gasteiger partial charge is 0.152 e. The Morgan fingerprint density at radius 2 is 2.00 bits per heavy atom. The summed E-state index contributed by atoms with van der Waals surface area (Å²) in [6.07, 6.45) is 1.01. The number of benzene rings is 1. The minimum atomic E-state index is 0.476. The van der Waals surface area contributed by atoms with Crippen LogP contribution in [0.3, 0.4) is 0 Å². The number of pyridine rings is 1. The van der Waals surface area contributed by atoms with Crippen LogP contribution in [0.1, 0.15) is 26.1 Å². The van der Waals surface area contributed by atoms with Gasteiger partial charge in [0.05, 0.1) is 24.2 Å². The number of morpholine rings is 1. The normalized spacial score (nSPS) is 15.1. The molecule has 7 nitrogen and oxygen atoms in total. The third-order valence-corrected chi connectivity index (χ3v) is 5.02. The Morgan fingerprint density at radius 1 is 1.19 bits per heavy atom. The molecule has 144 valence electrons. The minimum Gasteiger partial charge on any atom is -0.382 e. The zero-order valence-corrected chi connectivity index (χ0v) is 16.1. The van der Waals surface area contributed by atoms with E-state index in [9.17, 15) is 0 Å². The van der Waals surface area contributed by atoms with Crippen LogP contribution >= 0.6 is 0 Å². The molecule has 0 spiro atoms. The maximum absolute atomic E-state index is 6.26. The third kappa shape index (κ3) is 3.33. The van der Waals surface area contributed by atoms with Gasteiger partial charge in [-0.2, -0.15) is 0 Å². The number of ether oxygens (including phenoxy) is 2. The van der Waals surface area contributed by atoms with Crippen molar-refractivity contribution in [3.8, 4) is 0 Å². The second kappa shape index (κ2) is 7.70. The number of rotatable bonds is 6. The van der Waals surface area contributed by atoms with Crippen LogP contribution < -0.4 is 10.6 Å². The van der Waals surface area contributed by atoms with E-state index in [4.69, 9.17) is 20.2 Å². The van der Waals surface area contributed by atoms with Crippen molar-refractivity contribution < 1.29 is 9.47 Å². The molecule has 3 heterocycles. The summed E-state index contributed by atoms with van der Waals surface area (Å²) in [6.45, 7) is 9.51. The third-order valence-electron chi connectivity index (χ3n) is 5.02. The van der Waals surface area contributed by atoms with Crippen LogP contribution in [0.15, 0.2) is 18.2 Å². The van der Waals surface area contributed by atoms with Crippen molar-refractivity contribution in [3.63, 3.8) is 0 Å². The van der Waals surface area contributed by atoms with Crippen LogP contribution in [0.4, 0.5) is 11.5 Å². The Bertz CT molecular complexity index is 947. The summed E-state index contributed by atoms with van der Waals surface area (Å²) >= 11 is 0. The largest absolute Gasteiger partial charge is 0.382 e. The minimum absolute atomic E-state index is 0.476. The van der Waals surface area contributed by atoms with Gasteiger partial charge >= 0.3 is 0 Å². The first-order valence-electron chi connectivity index (χ1n) is 9.71. The summed E-state index contributed by atoms with van der Waals surface area (Å²) in [7, 11) is 0. The molecule has 0 radical (unpaired) electrons. The first-order chi connectivity index (χ1) is 13.2. The predicted octanol–water partition coefficient (Wildman–Crippen LogP) is 2.95. The van der Waals surface area contributed by atoms with Gasteiger partial charge in [-0.25, -0.2) is 9.97 Å². The fraction of sp³-hybridized carbons (Fsp3) is 0.500. The molecule has 4 rings (SSSR count). The molecule has 1 aliphatic rings. The summed E-state index contributed by atoms with van der Waals surface area (Å²) in [5.41, 5.74) is 10.2. The molecule has 0 bridgehead atoms. The Kier molecular flexibility index (Phi) is 5.13. The summed E-state index contributed by atoms with van der Waals surface area (Å²) < 4.78 is 13.4. The molecule has 2 N–H and O–H groups in total. The monoisotopic (exact) mass is 369 g/mol. The molecule has 7 heteroatoms. The van der Waals surface area contributed by atoms with E-state index in [2.05, 4.69) is 39.6 Å². The molecule has 0 atom stereocenters. The summed E-state index contributed by atoms with van der Waals surface area (Å²) in [5, 5.41) is 1.09. The Morgan fingerprint density at radius 3 is 2.74 bits per heavy atom. The van der Waals surface area contributed by atoms with Gasteiger partial charge < -0.3 is 24.7 Å². The lowest BCUT2D eigenvalue weighted by Gasteiger charge is -2.29. The lowest BCUT2D eigenvalue weighted by molar-refractivity contribution is 0.122. The molecule has 0 saturated carbocycles. The van der Waals surface area contributed by atoms with Gasteiger partial charge in [-0.15, -0.1) is 0 Å². The number of hydrogen-bond acceptors (Lipinski definition) is 6. The number of nitrogens with two attached hydrogens (primary N) is 1. The highest BCUT2D eigenvalue weighted by Gasteiger charge is 2.19. The van der Waals surface area contributed by atoms with Crippen molar-refractivity contribution in [2.45, 2.75) is 33.4 Å². The molecule has 1 saturated heterocycles. The number of fused-ring (bicyclic) bond motifs is 3.